The number of H-pyrrole nitrogens is 1. The van der Waals surface area contributed by atoms with Crippen LogP contribution < -0.4 is 5.32 Å². The van der Waals surface area contributed by atoms with E-state index in [4.69, 9.17) is 0 Å². The fraction of sp³-hybridized carbons (Fsp3) is 0.250. The molecule has 0 unspecified atom stereocenters. The average molecular weight is 328 g/mol. The molecule has 2 N–H and O–H groups in total. The van der Waals surface area contributed by atoms with E-state index in [-0.39, 0.29) is 11.5 Å². The van der Waals surface area contributed by atoms with Crippen LogP contribution in [0, 0.1) is 5.82 Å². The highest BCUT2D eigenvalue weighted by Crippen LogP contribution is 2.09. The molecule has 0 radical (unpaired) electrons. The van der Waals surface area contributed by atoms with Crippen molar-refractivity contribution in [1.82, 2.24) is 25.2 Å². The first-order chi connectivity index (χ1) is 11.6. The number of rotatable bonds is 6. The maximum absolute atomic E-state index is 13.2. The highest BCUT2D eigenvalue weighted by Gasteiger charge is 2.13. The van der Waals surface area contributed by atoms with Gasteiger partial charge in [-0.15, -0.1) is 5.10 Å². The first-order valence-corrected chi connectivity index (χ1v) is 7.64. The van der Waals surface area contributed by atoms with Crippen molar-refractivity contribution < 1.29 is 9.18 Å². The van der Waals surface area contributed by atoms with E-state index >= 15 is 0 Å². The minimum atomic E-state index is -0.393. The van der Waals surface area contributed by atoms with Crippen LogP contribution in [-0.2, 0) is 13.0 Å². The minimum absolute atomic E-state index is 0.173. The van der Waals surface area contributed by atoms with Crippen LogP contribution in [0.4, 0.5) is 10.2 Å². The molecular formula is C16H17FN6O. The zero-order chi connectivity index (χ0) is 16.9. The number of nitrogens with one attached hydrogen (secondary N) is 2. The molecule has 0 saturated carbocycles. The summed E-state index contributed by atoms with van der Waals surface area (Å²) in [6, 6.07) is 7.99. The Kier molecular flexibility index (Phi) is 4.64. The number of nitrogens with zero attached hydrogens (tertiary/aromatic N) is 4. The second-order valence-electron chi connectivity index (χ2n) is 5.41. The van der Waals surface area contributed by atoms with Gasteiger partial charge in [0, 0.05) is 11.8 Å². The van der Waals surface area contributed by atoms with E-state index in [1.54, 1.807) is 18.2 Å². The van der Waals surface area contributed by atoms with Crippen molar-refractivity contribution in [2.75, 3.05) is 5.32 Å². The quantitative estimate of drug-likeness (QED) is 0.727. The third-order valence-electron chi connectivity index (χ3n) is 3.40. The zero-order valence-corrected chi connectivity index (χ0v) is 13.2. The SMILES string of the molecule is CCCc1cc(NC(=O)c2cn(Cc3cccc(F)c3)nn2)n[nH]1. The van der Waals surface area contributed by atoms with Crippen LogP contribution >= 0.6 is 0 Å². The van der Waals surface area contributed by atoms with E-state index in [0.717, 1.165) is 24.1 Å². The van der Waals surface area contributed by atoms with Crippen LogP contribution in [0.1, 0.15) is 35.1 Å². The molecule has 2 heterocycles. The van der Waals surface area contributed by atoms with E-state index in [1.807, 2.05) is 0 Å². The number of benzene rings is 1. The molecular weight excluding hydrogens is 311 g/mol. The Labute approximate surface area is 137 Å². The monoisotopic (exact) mass is 328 g/mol. The van der Waals surface area contributed by atoms with Crippen LogP contribution in [0.15, 0.2) is 36.5 Å². The molecule has 24 heavy (non-hydrogen) atoms. The van der Waals surface area contributed by atoms with Crippen molar-refractivity contribution in [3.8, 4) is 0 Å². The third kappa shape index (κ3) is 3.83. The van der Waals surface area contributed by atoms with Crippen molar-refractivity contribution in [3.05, 3.63) is 59.3 Å². The molecule has 0 spiro atoms. The van der Waals surface area contributed by atoms with E-state index in [0.29, 0.717) is 12.4 Å². The van der Waals surface area contributed by atoms with Crippen molar-refractivity contribution >= 4 is 11.7 Å². The first kappa shape index (κ1) is 15.9. The van der Waals surface area contributed by atoms with Gasteiger partial charge in [-0.2, -0.15) is 5.10 Å². The van der Waals surface area contributed by atoms with Crippen LogP contribution in [0.5, 0.6) is 0 Å². The Morgan fingerprint density at radius 2 is 2.25 bits per heavy atom. The summed E-state index contributed by atoms with van der Waals surface area (Å²) in [5, 5.41) is 17.3. The first-order valence-electron chi connectivity index (χ1n) is 7.64. The van der Waals surface area contributed by atoms with Gasteiger partial charge in [-0.1, -0.05) is 30.7 Å². The molecule has 0 atom stereocenters. The molecule has 1 aromatic carbocycles. The number of carbonyl (C=O) groups excluding carboxylic acids is 1. The van der Waals surface area contributed by atoms with Crippen LogP contribution in [-0.4, -0.2) is 31.1 Å². The Morgan fingerprint density at radius 3 is 3.04 bits per heavy atom. The van der Waals surface area contributed by atoms with E-state index < -0.39 is 5.91 Å². The standard InChI is InChI=1S/C16H17FN6O/c1-2-4-13-8-15(21-19-13)18-16(24)14-10-23(22-20-14)9-11-5-3-6-12(17)7-11/h3,5-8,10H,2,4,9H2,1H3,(H2,18,19,21,24). The second-order valence-corrected chi connectivity index (χ2v) is 5.41. The highest BCUT2D eigenvalue weighted by molar-refractivity contribution is 6.02. The molecule has 8 heteroatoms. The molecule has 124 valence electrons. The minimum Gasteiger partial charge on any atom is -0.304 e. The maximum atomic E-state index is 13.2. The van der Waals surface area contributed by atoms with Gasteiger partial charge in [0.15, 0.2) is 11.5 Å². The average Bonchev–Trinajstić information content (AvgIpc) is 3.17. The molecule has 0 fully saturated rings. The molecule has 0 aliphatic carbocycles. The van der Waals surface area contributed by atoms with Gasteiger partial charge >= 0.3 is 0 Å². The van der Waals surface area contributed by atoms with E-state index in [9.17, 15) is 9.18 Å². The summed E-state index contributed by atoms with van der Waals surface area (Å²) in [5.41, 5.74) is 1.87. The summed E-state index contributed by atoms with van der Waals surface area (Å²) in [6.07, 6.45) is 3.37. The van der Waals surface area contributed by atoms with Gasteiger partial charge in [0.25, 0.3) is 5.91 Å². The molecule has 3 aromatic rings. The predicted molar refractivity (Wildman–Crippen MR) is 86.1 cm³/mol. The number of halogens is 1. The van der Waals surface area contributed by atoms with Crippen molar-refractivity contribution in [3.63, 3.8) is 0 Å². The van der Waals surface area contributed by atoms with Crippen LogP contribution in [0.2, 0.25) is 0 Å². The summed E-state index contributed by atoms with van der Waals surface area (Å²) < 4.78 is 14.7. The molecule has 0 aliphatic rings. The molecule has 2 aromatic heterocycles. The lowest BCUT2D eigenvalue weighted by Crippen LogP contribution is -2.12. The lowest BCUT2D eigenvalue weighted by Gasteiger charge is -2.00. The van der Waals surface area contributed by atoms with Crippen LogP contribution in [0.3, 0.4) is 0 Å². The van der Waals surface area contributed by atoms with Gasteiger partial charge in [0.1, 0.15) is 5.82 Å². The molecule has 7 nitrogen and oxygen atoms in total. The topological polar surface area (TPSA) is 88.5 Å². The van der Waals surface area contributed by atoms with Gasteiger partial charge in [-0.05, 0) is 24.1 Å². The summed E-state index contributed by atoms with van der Waals surface area (Å²) in [4.78, 5) is 12.2. The van der Waals surface area contributed by atoms with Gasteiger partial charge in [0.2, 0.25) is 0 Å². The van der Waals surface area contributed by atoms with Gasteiger partial charge in [0.05, 0.1) is 12.7 Å². The normalized spacial score (nSPS) is 10.8. The van der Waals surface area contributed by atoms with Gasteiger partial charge in [-0.25, -0.2) is 9.07 Å². The zero-order valence-electron chi connectivity index (χ0n) is 13.2. The maximum Gasteiger partial charge on any atom is 0.279 e. The largest absolute Gasteiger partial charge is 0.304 e. The number of aryl methyl sites for hydroxylation is 1. The number of hydrogen-bond donors (Lipinski definition) is 2. The van der Waals surface area contributed by atoms with Crippen molar-refractivity contribution in [2.45, 2.75) is 26.3 Å². The Hall–Kier alpha value is -3.03. The number of aromatic amines is 1. The van der Waals surface area contributed by atoms with Crippen molar-refractivity contribution in [2.24, 2.45) is 0 Å². The van der Waals surface area contributed by atoms with E-state index in [2.05, 4.69) is 32.7 Å². The smallest absolute Gasteiger partial charge is 0.279 e. The third-order valence-corrected chi connectivity index (χ3v) is 3.40. The number of aromatic nitrogens is 5. The van der Waals surface area contributed by atoms with Crippen molar-refractivity contribution in [1.29, 1.82) is 0 Å². The Bertz CT molecular complexity index is 840. The summed E-state index contributed by atoms with van der Waals surface area (Å²) in [5.74, 6) is -0.259. The number of carbonyl (C=O) groups is 1. The predicted octanol–water partition coefficient (Wildman–Crippen LogP) is 2.39. The van der Waals surface area contributed by atoms with Gasteiger partial charge in [-0.3, -0.25) is 9.89 Å². The molecule has 1 amide bonds. The highest BCUT2D eigenvalue weighted by atomic mass is 19.1. The van der Waals surface area contributed by atoms with Gasteiger partial charge < -0.3 is 5.32 Å². The van der Waals surface area contributed by atoms with Crippen LogP contribution in [0.25, 0.3) is 0 Å². The summed E-state index contributed by atoms with van der Waals surface area (Å²) in [7, 11) is 0. The lowest BCUT2D eigenvalue weighted by molar-refractivity contribution is 0.102. The number of anilines is 1. The Morgan fingerprint density at radius 1 is 1.38 bits per heavy atom. The fourth-order valence-corrected chi connectivity index (χ4v) is 2.31. The lowest BCUT2D eigenvalue weighted by atomic mass is 10.2. The second kappa shape index (κ2) is 7.03. The molecule has 0 aliphatic heterocycles. The summed E-state index contributed by atoms with van der Waals surface area (Å²) >= 11 is 0. The number of amides is 1. The molecule has 0 saturated heterocycles. The molecule has 0 bridgehead atoms. The Balaban J connectivity index is 1.64. The molecule has 3 rings (SSSR count). The van der Waals surface area contributed by atoms with E-state index in [1.165, 1.54) is 23.0 Å². The summed E-state index contributed by atoms with van der Waals surface area (Å²) in [6.45, 7) is 2.40. The number of hydrogen-bond acceptors (Lipinski definition) is 4. The fourth-order valence-electron chi connectivity index (χ4n) is 2.31.